The normalized spacial score (nSPS) is 31.9. The highest BCUT2D eigenvalue weighted by molar-refractivity contribution is 9.09. The molecule has 1 rings (SSSR count). The van der Waals surface area contributed by atoms with Crippen molar-refractivity contribution < 1.29 is 13.6 Å². The second-order valence-corrected chi connectivity index (χ2v) is 4.26. The van der Waals surface area contributed by atoms with E-state index in [1.807, 2.05) is 0 Å². The molecule has 0 radical (unpaired) electrons. The maximum Gasteiger partial charge on any atom is 0.221 e. The Kier molecular flexibility index (Phi) is 3.09. The van der Waals surface area contributed by atoms with Crippen LogP contribution < -0.4 is 5.32 Å². The molecule has 14 heavy (non-hydrogen) atoms. The standard InChI is InChI=1S/C9H10BrF2NO/c1-5(14)13-6-3-7(10)9(2,12)8(11)4-6/h3-4,7H,1-2H3,(H,13,14). The Balaban J connectivity index is 2.91. The number of hydrogen-bond acceptors (Lipinski definition) is 1. The van der Waals surface area contributed by atoms with Gasteiger partial charge in [0.25, 0.3) is 0 Å². The largest absolute Gasteiger partial charge is 0.326 e. The summed E-state index contributed by atoms with van der Waals surface area (Å²) in [6.45, 7) is 2.44. The van der Waals surface area contributed by atoms with Crippen molar-refractivity contribution in [1.82, 2.24) is 5.32 Å². The molecule has 0 saturated heterocycles. The lowest BCUT2D eigenvalue weighted by atomic mass is 9.96. The van der Waals surface area contributed by atoms with Gasteiger partial charge >= 0.3 is 0 Å². The van der Waals surface area contributed by atoms with E-state index >= 15 is 0 Å². The first-order chi connectivity index (χ1) is 6.34. The van der Waals surface area contributed by atoms with Gasteiger partial charge in [0.15, 0.2) is 5.67 Å². The Morgan fingerprint density at radius 1 is 1.71 bits per heavy atom. The molecule has 0 aromatic rings. The van der Waals surface area contributed by atoms with E-state index in [2.05, 4.69) is 21.2 Å². The van der Waals surface area contributed by atoms with Crippen LogP contribution in [0.15, 0.2) is 23.7 Å². The fraction of sp³-hybridized carbons (Fsp3) is 0.444. The van der Waals surface area contributed by atoms with E-state index in [9.17, 15) is 13.6 Å². The number of hydrogen-bond donors (Lipinski definition) is 1. The summed E-state index contributed by atoms with van der Waals surface area (Å²) in [6.07, 6.45) is 2.41. The van der Waals surface area contributed by atoms with Crippen molar-refractivity contribution in [3.05, 3.63) is 23.7 Å². The third-order valence-electron chi connectivity index (χ3n) is 1.91. The van der Waals surface area contributed by atoms with Crippen LogP contribution in [0.5, 0.6) is 0 Å². The summed E-state index contributed by atoms with van der Waals surface area (Å²) in [5.74, 6) is -1.21. The van der Waals surface area contributed by atoms with E-state index in [1.165, 1.54) is 13.0 Å². The van der Waals surface area contributed by atoms with Crippen molar-refractivity contribution in [2.45, 2.75) is 24.3 Å². The quantitative estimate of drug-likeness (QED) is 0.725. The number of nitrogens with one attached hydrogen (secondary N) is 1. The van der Waals surface area contributed by atoms with Gasteiger partial charge in [-0.3, -0.25) is 4.79 Å². The number of carbonyl (C=O) groups is 1. The SMILES string of the molecule is CC(=O)NC1=CC(Br)C(C)(F)C(F)=C1. The third kappa shape index (κ3) is 2.20. The zero-order valence-electron chi connectivity index (χ0n) is 7.77. The van der Waals surface area contributed by atoms with Crippen molar-refractivity contribution in [3.8, 4) is 0 Å². The van der Waals surface area contributed by atoms with Crippen LogP contribution in [-0.2, 0) is 4.79 Å². The molecule has 1 aliphatic carbocycles. The van der Waals surface area contributed by atoms with Crippen molar-refractivity contribution in [2.75, 3.05) is 0 Å². The molecule has 0 aromatic carbocycles. The summed E-state index contributed by atoms with van der Waals surface area (Å²) in [7, 11) is 0. The number of alkyl halides is 2. The first kappa shape index (κ1) is 11.4. The maximum atomic E-state index is 13.5. The Hall–Kier alpha value is -0.710. The minimum absolute atomic E-state index is 0.270. The van der Waals surface area contributed by atoms with Gasteiger partial charge in [0.2, 0.25) is 5.91 Å². The molecule has 2 unspecified atom stereocenters. The lowest BCUT2D eigenvalue weighted by molar-refractivity contribution is -0.118. The Morgan fingerprint density at radius 3 is 2.71 bits per heavy atom. The van der Waals surface area contributed by atoms with Gasteiger partial charge in [-0.2, -0.15) is 0 Å². The second kappa shape index (κ2) is 3.81. The van der Waals surface area contributed by atoms with Gasteiger partial charge < -0.3 is 5.32 Å². The molecule has 0 heterocycles. The van der Waals surface area contributed by atoms with Crippen molar-refractivity contribution >= 4 is 21.8 Å². The predicted octanol–water partition coefficient (Wildman–Crippen LogP) is 2.37. The molecule has 0 spiro atoms. The highest BCUT2D eigenvalue weighted by atomic mass is 79.9. The third-order valence-corrected chi connectivity index (χ3v) is 3.04. The number of amides is 1. The van der Waals surface area contributed by atoms with E-state index < -0.39 is 16.3 Å². The van der Waals surface area contributed by atoms with Crippen LogP contribution in [0.2, 0.25) is 0 Å². The van der Waals surface area contributed by atoms with Crippen LogP contribution in [0, 0.1) is 0 Å². The molecule has 1 amide bonds. The molecule has 0 bridgehead atoms. The molecule has 2 nitrogen and oxygen atoms in total. The smallest absolute Gasteiger partial charge is 0.221 e. The molecule has 0 aliphatic heterocycles. The topological polar surface area (TPSA) is 29.1 Å². The fourth-order valence-electron chi connectivity index (χ4n) is 1.05. The molecule has 0 saturated carbocycles. The summed E-state index contributed by atoms with van der Waals surface area (Å²) < 4.78 is 26.7. The Bertz CT molecular complexity index is 323. The highest BCUT2D eigenvalue weighted by Gasteiger charge is 2.39. The van der Waals surface area contributed by atoms with Crippen LogP contribution in [0.4, 0.5) is 8.78 Å². The fourth-order valence-corrected chi connectivity index (χ4v) is 1.56. The van der Waals surface area contributed by atoms with E-state index in [1.54, 1.807) is 0 Å². The Morgan fingerprint density at radius 2 is 2.29 bits per heavy atom. The first-order valence-corrected chi connectivity index (χ1v) is 4.95. The number of halogens is 3. The second-order valence-electron chi connectivity index (χ2n) is 3.27. The van der Waals surface area contributed by atoms with Crippen molar-refractivity contribution in [2.24, 2.45) is 0 Å². The van der Waals surface area contributed by atoms with Crippen LogP contribution in [0.3, 0.4) is 0 Å². The number of allylic oxidation sites excluding steroid dienone is 3. The lowest BCUT2D eigenvalue weighted by Gasteiger charge is -2.26. The van der Waals surface area contributed by atoms with E-state index in [0.717, 1.165) is 13.0 Å². The van der Waals surface area contributed by atoms with Crippen LogP contribution in [-0.4, -0.2) is 16.4 Å². The van der Waals surface area contributed by atoms with Gasteiger partial charge in [-0.1, -0.05) is 15.9 Å². The predicted molar refractivity (Wildman–Crippen MR) is 53.3 cm³/mol. The monoisotopic (exact) mass is 265 g/mol. The van der Waals surface area contributed by atoms with Gasteiger partial charge in [0, 0.05) is 12.6 Å². The molecule has 78 valence electrons. The summed E-state index contributed by atoms with van der Waals surface area (Å²) in [5.41, 5.74) is -1.78. The molecular formula is C9H10BrF2NO. The van der Waals surface area contributed by atoms with Crippen molar-refractivity contribution in [3.63, 3.8) is 0 Å². The average molecular weight is 266 g/mol. The molecule has 1 N–H and O–H groups in total. The maximum absolute atomic E-state index is 13.5. The van der Waals surface area contributed by atoms with E-state index in [4.69, 9.17) is 0 Å². The zero-order valence-corrected chi connectivity index (χ0v) is 9.36. The van der Waals surface area contributed by atoms with Crippen LogP contribution >= 0.6 is 15.9 Å². The average Bonchev–Trinajstić information content (AvgIpc) is 1.99. The van der Waals surface area contributed by atoms with E-state index in [0.29, 0.717) is 0 Å². The molecule has 0 aromatic heterocycles. The van der Waals surface area contributed by atoms with Crippen LogP contribution in [0.25, 0.3) is 0 Å². The minimum Gasteiger partial charge on any atom is -0.326 e. The van der Waals surface area contributed by atoms with Gasteiger partial charge in [0.1, 0.15) is 5.83 Å². The van der Waals surface area contributed by atoms with Crippen molar-refractivity contribution in [1.29, 1.82) is 0 Å². The molecule has 0 fully saturated rings. The summed E-state index contributed by atoms with van der Waals surface area (Å²) in [6, 6.07) is 0. The van der Waals surface area contributed by atoms with E-state index in [-0.39, 0.29) is 11.6 Å². The highest BCUT2D eigenvalue weighted by Crippen LogP contribution is 2.36. The van der Waals surface area contributed by atoms with Gasteiger partial charge in [-0.15, -0.1) is 0 Å². The molecular weight excluding hydrogens is 256 g/mol. The van der Waals surface area contributed by atoms with Gasteiger partial charge in [0.05, 0.1) is 4.83 Å². The summed E-state index contributed by atoms with van der Waals surface area (Å²) in [4.78, 5) is 9.90. The number of rotatable bonds is 1. The molecule has 1 aliphatic rings. The summed E-state index contributed by atoms with van der Waals surface area (Å²) in [5, 5.41) is 2.39. The van der Waals surface area contributed by atoms with Gasteiger partial charge in [-0.25, -0.2) is 8.78 Å². The van der Waals surface area contributed by atoms with Gasteiger partial charge in [-0.05, 0) is 19.1 Å². The van der Waals surface area contributed by atoms with Crippen LogP contribution in [0.1, 0.15) is 13.8 Å². The molecule has 2 atom stereocenters. The number of carbonyl (C=O) groups excluding carboxylic acids is 1. The molecule has 5 heteroatoms. The Labute approximate surface area is 89.2 Å². The minimum atomic E-state index is -2.05. The first-order valence-electron chi connectivity index (χ1n) is 4.04. The summed E-state index contributed by atoms with van der Waals surface area (Å²) >= 11 is 3.00. The lowest BCUT2D eigenvalue weighted by Crippen LogP contribution is -2.34. The zero-order chi connectivity index (χ0) is 10.9.